The summed E-state index contributed by atoms with van der Waals surface area (Å²) >= 11 is 0. The van der Waals surface area contributed by atoms with Crippen LogP contribution in [-0.4, -0.2) is 26.8 Å². The van der Waals surface area contributed by atoms with Crippen LogP contribution in [0.4, 0.5) is 0 Å². The molecule has 0 bridgehead atoms. The minimum atomic E-state index is -3.82. The Bertz CT molecular complexity index is 821. The maximum atomic E-state index is 11.8. The van der Waals surface area contributed by atoms with Crippen LogP contribution in [0.3, 0.4) is 0 Å². The summed E-state index contributed by atoms with van der Waals surface area (Å²) in [4.78, 5) is 11.3. The quantitative estimate of drug-likeness (QED) is 0.804. The van der Waals surface area contributed by atoms with E-state index in [2.05, 4.69) is 0 Å². The van der Waals surface area contributed by atoms with Crippen molar-refractivity contribution >= 4 is 21.3 Å². The average Bonchev–Trinajstić information content (AvgIpc) is 2.30. The van der Waals surface area contributed by atoms with E-state index in [0.717, 1.165) is 4.31 Å². The Labute approximate surface area is 116 Å². The molecule has 1 aromatic heterocycles. The van der Waals surface area contributed by atoms with Crippen molar-refractivity contribution in [2.75, 3.05) is 14.1 Å². The fourth-order valence-corrected chi connectivity index (χ4v) is 2.28. The molecular formula is C13H15NO5S. The number of rotatable bonds is 3. The zero-order valence-electron chi connectivity index (χ0n) is 11.6. The molecule has 0 saturated carbocycles. The zero-order chi connectivity index (χ0) is 15.1. The molecular weight excluding hydrogens is 282 g/mol. The first-order chi connectivity index (χ1) is 9.20. The number of benzene rings is 1. The van der Waals surface area contributed by atoms with E-state index in [4.69, 9.17) is 8.60 Å². The lowest BCUT2D eigenvalue weighted by Crippen LogP contribution is -2.27. The summed E-state index contributed by atoms with van der Waals surface area (Å²) in [5.74, 6) is 0.211. The minimum absolute atomic E-state index is 0.211. The van der Waals surface area contributed by atoms with Crippen LogP contribution < -0.4 is 9.81 Å². The highest BCUT2D eigenvalue weighted by Crippen LogP contribution is 2.27. The molecule has 20 heavy (non-hydrogen) atoms. The molecule has 7 heteroatoms. The summed E-state index contributed by atoms with van der Waals surface area (Å²) < 4.78 is 34.6. The van der Waals surface area contributed by atoms with Gasteiger partial charge in [0, 0.05) is 25.5 Å². The third kappa shape index (κ3) is 2.68. The Balaban J connectivity index is 2.62. The lowest BCUT2D eigenvalue weighted by atomic mass is 10.1. The molecule has 0 amide bonds. The molecule has 0 aliphatic rings. The second-order valence-electron chi connectivity index (χ2n) is 4.69. The normalized spacial score (nSPS) is 12.1. The fourth-order valence-electron chi connectivity index (χ4n) is 1.72. The Morgan fingerprint density at radius 2 is 1.75 bits per heavy atom. The Kier molecular flexibility index (Phi) is 3.58. The molecule has 0 radical (unpaired) electrons. The van der Waals surface area contributed by atoms with E-state index in [1.807, 2.05) is 0 Å². The first-order valence-corrected chi connectivity index (χ1v) is 7.24. The van der Waals surface area contributed by atoms with Gasteiger partial charge in [0.15, 0.2) is 0 Å². The van der Waals surface area contributed by atoms with Crippen molar-refractivity contribution in [3.8, 4) is 5.75 Å². The second-order valence-corrected chi connectivity index (χ2v) is 6.44. The van der Waals surface area contributed by atoms with Gasteiger partial charge in [-0.3, -0.25) is 0 Å². The number of hydrogen-bond acceptors (Lipinski definition) is 5. The van der Waals surface area contributed by atoms with Gasteiger partial charge in [0.25, 0.3) is 0 Å². The van der Waals surface area contributed by atoms with E-state index in [0.29, 0.717) is 22.1 Å². The maximum absolute atomic E-state index is 11.8. The molecule has 2 aromatic rings. The molecule has 0 aliphatic heterocycles. The highest BCUT2D eigenvalue weighted by atomic mass is 32.2. The van der Waals surface area contributed by atoms with Gasteiger partial charge in [0.1, 0.15) is 11.3 Å². The summed E-state index contributed by atoms with van der Waals surface area (Å²) in [6.45, 7) is 3.43. The molecule has 0 N–H and O–H groups in total. The second kappa shape index (κ2) is 4.92. The maximum Gasteiger partial charge on any atom is 0.384 e. The fraction of sp³-hybridized carbons (Fsp3) is 0.308. The van der Waals surface area contributed by atoms with Gasteiger partial charge in [-0.25, -0.2) is 4.79 Å². The lowest BCUT2D eigenvalue weighted by molar-refractivity contribution is 0.420. The van der Waals surface area contributed by atoms with E-state index in [1.54, 1.807) is 26.0 Å². The molecule has 108 valence electrons. The van der Waals surface area contributed by atoms with Crippen molar-refractivity contribution in [2.24, 2.45) is 0 Å². The van der Waals surface area contributed by atoms with E-state index in [1.165, 1.54) is 20.2 Å². The van der Waals surface area contributed by atoms with Crippen LogP contribution in [0.25, 0.3) is 11.0 Å². The molecule has 0 fully saturated rings. The van der Waals surface area contributed by atoms with Gasteiger partial charge in [-0.05, 0) is 37.1 Å². The van der Waals surface area contributed by atoms with Crippen molar-refractivity contribution in [3.05, 3.63) is 39.7 Å². The third-order valence-electron chi connectivity index (χ3n) is 2.89. The van der Waals surface area contributed by atoms with Gasteiger partial charge in [-0.15, -0.1) is 0 Å². The first kappa shape index (κ1) is 14.5. The van der Waals surface area contributed by atoms with Gasteiger partial charge >= 0.3 is 15.9 Å². The molecule has 1 aromatic carbocycles. The van der Waals surface area contributed by atoms with Crippen LogP contribution in [0.1, 0.15) is 11.1 Å². The molecule has 0 unspecified atom stereocenters. The highest BCUT2D eigenvalue weighted by molar-refractivity contribution is 7.84. The number of aryl methyl sites for hydroxylation is 2. The number of nitrogens with zero attached hydrogens (tertiary/aromatic N) is 1. The largest absolute Gasteiger partial charge is 0.423 e. The van der Waals surface area contributed by atoms with Crippen molar-refractivity contribution < 1.29 is 17.0 Å². The summed E-state index contributed by atoms with van der Waals surface area (Å²) in [5, 5.41) is 0.638. The summed E-state index contributed by atoms with van der Waals surface area (Å²) in [5.41, 5.74) is 1.23. The van der Waals surface area contributed by atoms with E-state index in [9.17, 15) is 13.2 Å². The molecule has 6 nitrogen and oxygen atoms in total. The Hall–Kier alpha value is -1.86. The van der Waals surface area contributed by atoms with Gasteiger partial charge < -0.3 is 8.60 Å². The van der Waals surface area contributed by atoms with Crippen molar-refractivity contribution in [3.63, 3.8) is 0 Å². The molecule has 0 saturated heterocycles. The van der Waals surface area contributed by atoms with Crippen molar-refractivity contribution in [1.82, 2.24) is 4.31 Å². The predicted octanol–water partition coefficient (Wildman–Crippen LogP) is 1.60. The summed E-state index contributed by atoms with van der Waals surface area (Å²) in [6.07, 6.45) is 0. The number of fused-ring (bicyclic) bond motifs is 1. The average molecular weight is 297 g/mol. The summed E-state index contributed by atoms with van der Waals surface area (Å²) in [7, 11) is -1.05. The third-order valence-corrected chi connectivity index (χ3v) is 4.17. The number of hydrogen-bond donors (Lipinski definition) is 0. The van der Waals surface area contributed by atoms with Crippen LogP contribution in [0.2, 0.25) is 0 Å². The molecule has 0 spiro atoms. The molecule has 1 heterocycles. The van der Waals surface area contributed by atoms with Crippen LogP contribution in [0, 0.1) is 13.8 Å². The summed E-state index contributed by atoms with van der Waals surface area (Å²) in [6, 6.07) is 4.50. The Morgan fingerprint density at radius 1 is 1.10 bits per heavy atom. The molecule has 0 aliphatic carbocycles. The Morgan fingerprint density at radius 3 is 2.35 bits per heavy atom. The highest BCUT2D eigenvalue weighted by Gasteiger charge is 2.18. The topological polar surface area (TPSA) is 76.8 Å². The van der Waals surface area contributed by atoms with Crippen LogP contribution in [0.5, 0.6) is 5.75 Å². The zero-order valence-corrected chi connectivity index (χ0v) is 12.4. The van der Waals surface area contributed by atoms with Crippen LogP contribution in [0.15, 0.2) is 27.4 Å². The van der Waals surface area contributed by atoms with E-state index < -0.39 is 15.9 Å². The van der Waals surface area contributed by atoms with Gasteiger partial charge in [-0.1, -0.05) is 0 Å². The van der Waals surface area contributed by atoms with Crippen molar-refractivity contribution in [2.45, 2.75) is 13.8 Å². The van der Waals surface area contributed by atoms with Crippen molar-refractivity contribution in [1.29, 1.82) is 0 Å². The monoisotopic (exact) mass is 297 g/mol. The molecule has 0 atom stereocenters. The lowest BCUT2D eigenvalue weighted by Gasteiger charge is -2.14. The van der Waals surface area contributed by atoms with E-state index in [-0.39, 0.29) is 5.75 Å². The minimum Gasteiger partial charge on any atom is -0.423 e. The van der Waals surface area contributed by atoms with Gasteiger partial charge in [0.2, 0.25) is 0 Å². The predicted molar refractivity (Wildman–Crippen MR) is 75.2 cm³/mol. The smallest absolute Gasteiger partial charge is 0.384 e. The van der Waals surface area contributed by atoms with E-state index >= 15 is 0 Å². The molecule has 2 rings (SSSR count). The standard InChI is InChI=1S/C13H15NO5S/c1-8-6-13(15)18-12-5-9(2)11(7-10(8)12)19-20(16,17)14(3)4/h5-7H,1-4H3. The van der Waals surface area contributed by atoms with Gasteiger partial charge in [0.05, 0.1) is 0 Å². The SMILES string of the molecule is Cc1cc2oc(=O)cc(C)c2cc1OS(=O)(=O)N(C)C. The van der Waals surface area contributed by atoms with Crippen LogP contribution >= 0.6 is 0 Å². The van der Waals surface area contributed by atoms with Gasteiger partial charge in [-0.2, -0.15) is 12.7 Å². The van der Waals surface area contributed by atoms with Crippen LogP contribution in [-0.2, 0) is 10.3 Å². The first-order valence-electron chi connectivity index (χ1n) is 5.88.